The summed E-state index contributed by atoms with van der Waals surface area (Å²) in [4.78, 5) is 25.5. The number of hydrogen-bond donors (Lipinski definition) is 2. The van der Waals surface area contributed by atoms with Crippen molar-refractivity contribution in [3.8, 4) is 0 Å². The van der Waals surface area contributed by atoms with Gasteiger partial charge in [-0.05, 0) is 44.4 Å². The SMILES string of the molecule is CCCCC(Cc1c[nH]c2ccccc12)NC(=O)c1cnc(N2CC3CCC(C2)N3C)o1. The number of benzene rings is 1. The molecule has 2 bridgehead atoms. The van der Waals surface area contributed by atoms with E-state index >= 15 is 0 Å². The largest absolute Gasteiger partial charge is 0.418 e. The van der Waals surface area contributed by atoms with Crippen LogP contribution in [0, 0.1) is 0 Å². The molecule has 7 heteroatoms. The Labute approximate surface area is 189 Å². The van der Waals surface area contributed by atoms with Gasteiger partial charge in [0.2, 0.25) is 5.76 Å². The van der Waals surface area contributed by atoms with Crippen LogP contribution in [0.2, 0.25) is 0 Å². The van der Waals surface area contributed by atoms with E-state index in [1.807, 2.05) is 6.07 Å². The minimum Gasteiger partial charge on any atom is -0.418 e. The van der Waals surface area contributed by atoms with E-state index in [2.05, 4.69) is 63.5 Å². The minimum absolute atomic E-state index is 0.0506. The first-order valence-electron chi connectivity index (χ1n) is 11.9. The van der Waals surface area contributed by atoms with Crippen LogP contribution >= 0.6 is 0 Å². The summed E-state index contributed by atoms with van der Waals surface area (Å²) >= 11 is 0. The van der Waals surface area contributed by atoms with E-state index in [4.69, 9.17) is 4.42 Å². The number of amides is 1. The van der Waals surface area contributed by atoms with Crippen LogP contribution in [0.5, 0.6) is 0 Å². The number of para-hydroxylation sites is 1. The topological polar surface area (TPSA) is 77.4 Å². The second-order valence-electron chi connectivity index (χ2n) is 9.34. The Kier molecular flexibility index (Phi) is 5.91. The number of unbranched alkanes of at least 4 members (excludes halogenated alkanes) is 1. The van der Waals surface area contributed by atoms with Crippen molar-refractivity contribution in [1.82, 2.24) is 20.2 Å². The van der Waals surface area contributed by atoms with Gasteiger partial charge in [-0.2, -0.15) is 0 Å². The Balaban J connectivity index is 1.26. The lowest BCUT2D eigenvalue weighted by Gasteiger charge is -2.38. The summed E-state index contributed by atoms with van der Waals surface area (Å²) in [6.07, 6.45) is 9.97. The van der Waals surface area contributed by atoms with Gasteiger partial charge in [-0.3, -0.25) is 9.69 Å². The number of oxazole rings is 1. The molecule has 3 aromatic rings. The molecule has 2 aliphatic heterocycles. The van der Waals surface area contributed by atoms with E-state index in [0.29, 0.717) is 23.9 Å². The summed E-state index contributed by atoms with van der Waals surface area (Å²) in [5, 5.41) is 4.43. The van der Waals surface area contributed by atoms with Crippen molar-refractivity contribution in [2.45, 2.75) is 63.6 Å². The van der Waals surface area contributed by atoms with E-state index < -0.39 is 0 Å². The Bertz CT molecular complexity index is 1060. The van der Waals surface area contributed by atoms with Gasteiger partial charge in [-0.1, -0.05) is 38.0 Å². The molecule has 1 amide bonds. The fraction of sp³-hybridized carbons (Fsp3) is 0.520. The number of aromatic nitrogens is 2. The molecule has 1 aromatic carbocycles. The molecular weight excluding hydrogens is 402 g/mol. The number of aromatic amines is 1. The predicted octanol–water partition coefficient (Wildman–Crippen LogP) is 3.97. The first kappa shape index (κ1) is 21.1. The van der Waals surface area contributed by atoms with Crippen LogP contribution in [0.25, 0.3) is 10.9 Å². The Morgan fingerprint density at radius 2 is 2.06 bits per heavy atom. The highest BCUT2D eigenvalue weighted by molar-refractivity contribution is 5.91. The third kappa shape index (κ3) is 4.13. The lowest BCUT2D eigenvalue weighted by Crippen LogP contribution is -2.52. The van der Waals surface area contributed by atoms with Gasteiger partial charge in [0.15, 0.2) is 0 Å². The first-order valence-corrected chi connectivity index (χ1v) is 11.9. The standard InChI is InChI=1S/C25H33N5O2/c1-3-4-7-18(12-17-13-26-22-9-6-5-8-21(17)22)28-24(31)23-14-27-25(32-23)30-15-19-10-11-20(16-30)29(19)2/h5-6,8-9,13-14,18-20,26H,3-4,7,10-12,15-16H2,1-2H3,(H,28,31). The molecule has 5 rings (SSSR count). The number of nitrogens with zero attached hydrogens (tertiary/aromatic N) is 3. The van der Waals surface area contributed by atoms with Crippen molar-refractivity contribution in [3.63, 3.8) is 0 Å². The van der Waals surface area contributed by atoms with Gasteiger partial charge in [0.25, 0.3) is 11.9 Å². The lowest BCUT2D eigenvalue weighted by atomic mass is 10.0. The van der Waals surface area contributed by atoms with Gasteiger partial charge in [0.1, 0.15) is 0 Å². The first-order chi connectivity index (χ1) is 15.6. The average molecular weight is 436 g/mol. The molecule has 2 saturated heterocycles. The number of piperazine rings is 1. The zero-order valence-electron chi connectivity index (χ0n) is 19.0. The van der Waals surface area contributed by atoms with Gasteiger partial charge >= 0.3 is 0 Å². The van der Waals surface area contributed by atoms with E-state index in [0.717, 1.165) is 44.3 Å². The van der Waals surface area contributed by atoms with Crippen molar-refractivity contribution in [2.24, 2.45) is 0 Å². The number of rotatable bonds is 8. The Hall–Kier alpha value is -2.80. The molecule has 3 atom stereocenters. The van der Waals surface area contributed by atoms with E-state index in [-0.39, 0.29) is 11.9 Å². The molecule has 0 radical (unpaired) electrons. The van der Waals surface area contributed by atoms with E-state index in [9.17, 15) is 4.79 Å². The molecule has 32 heavy (non-hydrogen) atoms. The molecule has 0 saturated carbocycles. The van der Waals surface area contributed by atoms with Gasteiger partial charge < -0.3 is 19.6 Å². The van der Waals surface area contributed by atoms with Gasteiger partial charge in [-0.15, -0.1) is 0 Å². The van der Waals surface area contributed by atoms with Crippen LogP contribution in [-0.2, 0) is 6.42 Å². The summed E-state index contributed by atoms with van der Waals surface area (Å²) in [7, 11) is 2.21. The highest BCUT2D eigenvalue weighted by Gasteiger charge is 2.39. The third-order valence-electron chi connectivity index (χ3n) is 7.22. The summed E-state index contributed by atoms with van der Waals surface area (Å²) in [6, 6.07) is 10.0. The highest BCUT2D eigenvalue weighted by Crippen LogP contribution is 2.31. The van der Waals surface area contributed by atoms with Crippen LogP contribution in [0.3, 0.4) is 0 Å². The van der Waals surface area contributed by atoms with Gasteiger partial charge in [0, 0.05) is 48.3 Å². The second kappa shape index (κ2) is 8.98. The molecule has 170 valence electrons. The Morgan fingerprint density at radius 1 is 1.28 bits per heavy atom. The average Bonchev–Trinajstić information content (AvgIpc) is 3.49. The van der Waals surface area contributed by atoms with Crippen molar-refractivity contribution < 1.29 is 9.21 Å². The summed E-state index contributed by atoms with van der Waals surface area (Å²) in [5.41, 5.74) is 2.36. The maximum atomic E-state index is 13.0. The van der Waals surface area contributed by atoms with Crippen LogP contribution in [-0.4, -0.2) is 59.0 Å². The van der Waals surface area contributed by atoms with Crippen molar-refractivity contribution in [1.29, 1.82) is 0 Å². The molecule has 4 heterocycles. The maximum absolute atomic E-state index is 13.0. The van der Waals surface area contributed by atoms with Gasteiger partial charge in [-0.25, -0.2) is 4.98 Å². The van der Waals surface area contributed by atoms with Crippen molar-refractivity contribution in [3.05, 3.63) is 48.0 Å². The minimum atomic E-state index is -0.179. The molecule has 2 fully saturated rings. The molecule has 2 aliphatic rings. The molecule has 2 N–H and O–H groups in total. The van der Waals surface area contributed by atoms with Crippen LogP contribution in [0.15, 0.2) is 41.1 Å². The number of H-pyrrole nitrogens is 1. The number of fused-ring (bicyclic) bond motifs is 3. The van der Waals surface area contributed by atoms with Crippen LogP contribution in [0.4, 0.5) is 6.01 Å². The number of likely N-dealkylation sites (N-methyl/N-ethyl adjacent to an activating group) is 1. The number of hydrogen-bond acceptors (Lipinski definition) is 5. The maximum Gasteiger partial charge on any atom is 0.298 e. The monoisotopic (exact) mass is 435 g/mol. The number of nitrogens with one attached hydrogen (secondary N) is 2. The van der Waals surface area contributed by atoms with Crippen molar-refractivity contribution >= 4 is 22.8 Å². The lowest BCUT2D eigenvalue weighted by molar-refractivity contribution is 0.0906. The third-order valence-corrected chi connectivity index (χ3v) is 7.22. The normalized spacial score (nSPS) is 21.9. The Morgan fingerprint density at radius 3 is 2.84 bits per heavy atom. The molecule has 2 aromatic heterocycles. The summed E-state index contributed by atoms with van der Waals surface area (Å²) < 4.78 is 5.93. The molecule has 0 aliphatic carbocycles. The molecule has 3 unspecified atom stereocenters. The second-order valence-corrected chi connectivity index (χ2v) is 9.34. The van der Waals surface area contributed by atoms with Crippen LogP contribution in [0.1, 0.15) is 55.1 Å². The van der Waals surface area contributed by atoms with E-state index in [1.54, 1.807) is 6.20 Å². The zero-order valence-corrected chi connectivity index (χ0v) is 19.0. The molecular formula is C25H33N5O2. The molecule has 7 nitrogen and oxygen atoms in total. The fourth-order valence-electron chi connectivity index (χ4n) is 5.28. The van der Waals surface area contributed by atoms with E-state index in [1.165, 1.54) is 23.8 Å². The molecule has 0 spiro atoms. The van der Waals surface area contributed by atoms with Crippen molar-refractivity contribution in [2.75, 3.05) is 25.0 Å². The predicted molar refractivity (Wildman–Crippen MR) is 126 cm³/mol. The highest BCUT2D eigenvalue weighted by atomic mass is 16.4. The number of carbonyl (C=O) groups is 1. The van der Waals surface area contributed by atoms with Crippen LogP contribution < -0.4 is 10.2 Å². The fourth-order valence-corrected chi connectivity index (χ4v) is 5.28. The smallest absolute Gasteiger partial charge is 0.298 e. The summed E-state index contributed by atoms with van der Waals surface area (Å²) in [6.45, 7) is 4.00. The number of anilines is 1. The quantitative estimate of drug-likeness (QED) is 0.560. The number of carbonyl (C=O) groups excluding carboxylic acids is 1. The zero-order chi connectivity index (χ0) is 22.1. The summed E-state index contributed by atoms with van der Waals surface area (Å²) in [5.74, 6) is 0.119. The van der Waals surface area contributed by atoms with Gasteiger partial charge in [0.05, 0.1) is 6.20 Å².